The smallest absolute Gasteiger partial charge is 0.0590 e. The molecular formula is C11H21NO. The Balaban J connectivity index is 1.73. The summed E-state index contributed by atoms with van der Waals surface area (Å²) in [5, 5.41) is 0. The molecule has 2 atom stereocenters. The topological polar surface area (TPSA) is 35.2 Å². The van der Waals surface area contributed by atoms with Gasteiger partial charge in [0, 0.05) is 12.6 Å². The van der Waals surface area contributed by atoms with E-state index in [1.807, 2.05) is 0 Å². The van der Waals surface area contributed by atoms with Crippen molar-refractivity contribution in [1.82, 2.24) is 0 Å². The molecule has 2 rings (SSSR count). The van der Waals surface area contributed by atoms with Gasteiger partial charge in [-0.15, -0.1) is 0 Å². The minimum absolute atomic E-state index is 0.408. The number of ether oxygens (including phenoxy) is 1. The lowest BCUT2D eigenvalue weighted by Crippen LogP contribution is -2.32. The third-order valence-corrected chi connectivity index (χ3v) is 3.56. The lowest BCUT2D eigenvalue weighted by molar-refractivity contribution is 0.0925. The Labute approximate surface area is 80.8 Å². The van der Waals surface area contributed by atoms with Gasteiger partial charge in [-0.2, -0.15) is 0 Å². The van der Waals surface area contributed by atoms with E-state index in [0.29, 0.717) is 12.1 Å². The Hall–Kier alpha value is -0.0800. The van der Waals surface area contributed by atoms with Gasteiger partial charge in [-0.05, 0) is 38.0 Å². The second-order valence-electron chi connectivity index (χ2n) is 4.58. The van der Waals surface area contributed by atoms with Crippen molar-refractivity contribution in [1.29, 1.82) is 0 Å². The maximum absolute atomic E-state index is 6.18. The highest BCUT2D eigenvalue weighted by atomic mass is 16.5. The molecule has 1 saturated heterocycles. The Morgan fingerprint density at radius 2 is 1.92 bits per heavy atom. The van der Waals surface area contributed by atoms with Crippen LogP contribution in [0.3, 0.4) is 0 Å². The first-order valence-electron chi connectivity index (χ1n) is 5.73. The Morgan fingerprint density at radius 3 is 2.54 bits per heavy atom. The third-order valence-electron chi connectivity index (χ3n) is 3.56. The minimum atomic E-state index is 0.408. The van der Waals surface area contributed by atoms with Crippen molar-refractivity contribution in [3.63, 3.8) is 0 Å². The normalized spacial score (nSPS) is 32.5. The van der Waals surface area contributed by atoms with Crippen LogP contribution >= 0.6 is 0 Å². The molecule has 0 aromatic heterocycles. The molecule has 0 bridgehead atoms. The molecule has 1 heterocycles. The summed E-state index contributed by atoms with van der Waals surface area (Å²) >= 11 is 0. The minimum Gasteiger partial charge on any atom is -0.378 e. The summed E-state index contributed by atoms with van der Waals surface area (Å²) in [5.41, 5.74) is 6.18. The van der Waals surface area contributed by atoms with E-state index in [0.717, 1.165) is 18.9 Å². The first kappa shape index (κ1) is 9.47. The van der Waals surface area contributed by atoms with Crippen LogP contribution < -0.4 is 5.73 Å². The molecule has 2 fully saturated rings. The standard InChI is InChI=1S/C11H21NO/c12-11(9-4-1-2-5-9)8-10-6-3-7-13-10/h9-11H,1-8,12H2. The van der Waals surface area contributed by atoms with Gasteiger partial charge in [0.05, 0.1) is 6.10 Å². The maximum atomic E-state index is 6.18. The van der Waals surface area contributed by atoms with Crippen LogP contribution in [0.2, 0.25) is 0 Å². The molecule has 76 valence electrons. The fourth-order valence-corrected chi connectivity index (χ4v) is 2.71. The van der Waals surface area contributed by atoms with Gasteiger partial charge in [0.15, 0.2) is 0 Å². The SMILES string of the molecule is NC(CC1CCCO1)C1CCCC1. The zero-order chi connectivity index (χ0) is 9.10. The predicted octanol–water partition coefficient (Wildman–Crippen LogP) is 2.07. The van der Waals surface area contributed by atoms with Crippen LogP contribution in [0.25, 0.3) is 0 Å². The predicted molar refractivity (Wildman–Crippen MR) is 53.5 cm³/mol. The quantitative estimate of drug-likeness (QED) is 0.727. The van der Waals surface area contributed by atoms with E-state index in [2.05, 4.69) is 0 Å². The highest BCUT2D eigenvalue weighted by molar-refractivity contribution is 4.81. The molecule has 0 amide bonds. The van der Waals surface area contributed by atoms with E-state index in [9.17, 15) is 0 Å². The first-order valence-corrected chi connectivity index (χ1v) is 5.73. The molecule has 2 aliphatic rings. The summed E-state index contributed by atoms with van der Waals surface area (Å²) in [6.45, 7) is 0.960. The summed E-state index contributed by atoms with van der Waals surface area (Å²) in [7, 11) is 0. The molecule has 0 aromatic rings. The molecule has 2 nitrogen and oxygen atoms in total. The van der Waals surface area contributed by atoms with Crippen molar-refractivity contribution >= 4 is 0 Å². The van der Waals surface area contributed by atoms with Crippen LogP contribution in [0.5, 0.6) is 0 Å². The molecule has 2 N–H and O–H groups in total. The van der Waals surface area contributed by atoms with Gasteiger partial charge in [0.25, 0.3) is 0 Å². The number of hydrogen-bond donors (Lipinski definition) is 1. The average Bonchev–Trinajstić information content (AvgIpc) is 2.74. The van der Waals surface area contributed by atoms with E-state index >= 15 is 0 Å². The lowest BCUT2D eigenvalue weighted by atomic mass is 9.93. The van der Waals surface area contributed by atoms with Crippen LogP contribution in [0, 0.1) is 5.92 Å². The molecule has 13 heavy (non-hydrogen) atoms. The fraction of sp³-hybridized carbons (Fsp3) is 1.00. The van der Waals surface area contributed by atoms with Crippen LogP contribution in [0.15, 0.2) is 0 Å². The van der Waals surface area contributed by atoms with Crippen molar-refractivity contribution in [2.75, 3.05) is 6.61 Å². The molecule has 0 spiro atoms. The average molecular weight is 183 g/mol. The van der Waals surface area contributed by atoms with Crippen molar-refractivity contribution in [2.24, 2.45) is 11.7 Å². The molecule has 1 aliphatic carbocycles. The van der Waals surface area contributed by atoms with Gasteiger partial charge < -0.3 is 10.5 Å². The second-order valence-corrected chi connectivity index (χ2v) is 4.58. The summed E-state index contributed by atoms with van der Waals surface area (Å²) in [6, 6.07) is 0.408. The Bertz CT molecular complexity index is 148. The van der Waals surface area contributed by atoms with Crippen molar-refractivity contribution < 1.29 is 4.74 Å². The van der Waals surface area contributed by atoms with Crippen molar-refractivity contribution in [3.8, 4) is 0 Å². The van der Waals surface area contributed by atoms with Crippen LogP contribution in [0.1, 0.15) is 44.9 Å². The maximum Gasteiger partial charge on any atom is 0.0590 e. The summed E-state index contributed by atoms with van der Waals surface area (Å²) in [6.07, 6.45) is 9.55. The largest absolute Gasteiger partial charge is 0.378 e. The molecule has 0 aromatic carbocycles. The van der Waals surface area contributed by atoms with Gasteiger partial charge >= 0.3 is 0 Å². The molecule has 0 radical (unpaired) electrons. The van der Waals surface area contributed by atoms with Crippen LogP contribution in [-0.4, -0.2) is 18.8 Å². The summed E-state index contributed by atoms with van der Waals surface area (Å²) < 4.78 is 5.60. The van der Waals surface area contributed by atoms with E-state index in [1.54, 1.807) is 0 Å². The fourth-order valence-electron chi connectivity index (χ4n) is 2.71. The van der Waals surface area contributed by atoms with Crippen LogP contribution in [-0.2, 0) is 4.74 Å². The number of nitrogens with two attached hydrogens (primary N) is 1. The van der Waals surface area contributed by atoms with E-state index in [-0.39, 0.29) is 0 Å². The molecule has 1 aliphatic heterocycles. The summed E-state index contributed by atoms with van der Waals surface area (Å²) in [4.78, 5) is 0. The van der Waals surface area contributed by atoms with Gasteiger partial charge in [-0.1, -0.05) is 12.8 Å². The molecule has 1 saturated carbocycles. The number of hydrogen-bond acceptors (Lipinski definition) is 2. The Morgan fingerprint density at radius 1 is 1.15 bits per heavy atom. The van der Waals surface area contributed by atoms with Crippen molar-refractivity contribution in [3.05, 3.63) is 0 Å². The first-order chi connectivity index (χ1) is 6.36. The van der Waals surface area contributed by atoms with Gasteiger partial charge in [-0.25, -0.2) is 0 Å². The lowest BCUT2D eigenvalue weighted by Gasteiger charge is -2.21. The van der Waals surface area contributed by atoms with Gasteiger partial charge in [0.2, 0.25) is 0 Å². The zero-order valence-corrected chi connectivity index (χ0v) is 8.37. The zero-order valence-electron chi connectivity index (χ0n) is 8.37. The molecular weight excluding hydrogens is 162 g/mol. The van der Waals surface area contributed by atoms with Gasteiger partial charge in [0.1, 0.15) is 0 Å². The van der Waals surface area contributed by atoms with Crippen LogP contribution in [0.4, 0.5) is 0 Å². The van der Waals surface area contributed by atoms with E-state index in [4.69, 9.17) is 10.5 Å². The monoisotopic (exact) mass is 183 g/mol. The van der Waals surface area contributed by atoms with E-state index < -0.39 is 0 Å². The highest BCUT2D eigenvalue weighted by Gasteiger charge is 2.26. The Kier molecular flexibility index (Phi) is 3.23. The third kappa shape index (κ3) is 2.44. The number of rotatable bonds is 3. The van der Waals surface area contributed by atoms with Crippen molar-refractivity contribution in [2.45, 2.75) is 57.1 Å². The molecule has 2 heteroatoms. The molecule has 2 unspecified atom stereocenters. The van der Waals surface area contributed by atoms with Gasteiger partial charge in [-0.3, -0.25) is 0 Å². The van der Waals surface area contributed by atoms with E-state index in [1.165, 1.54) is 38.5 Å². The highest BCUT2D eigenvalue weighted by Crippen LogP contribution is 2.30. The second kappa shape index (κ2) is 4.43. The summed E-state index contributed by atoms with van der Waals surface area (Å²) in [5.74, 6) is 0.796.